The summed E-state index contributed by atoms with van der Waals surface area (Å²) in [5, 5.41) is 4.88. The van der Waals surface area contributed by atoms with Gasteiger partial charge in [0.25, 0.3) is 0 Å². The van der Waals surface area contributed by atoms with Crippen LogP contribution in [0.2, 0.25) is 10.0 Å². The van der Waals surface area contributed by atoms with E-state index in [2.05, 4.69) is 5.32 Å². The topological polar surface area (TPSA) is 21.3 Å². The average Bonchev–Trinajstić information content (AvgIpc) is 2.39. The third-order valence-electron chi connectivity index (χ3n) is 3.41. The number of rotatable bonds is 4. The lowest BCUT2D eigenvalue weighted by Gasteiger charge is -2.36. The maximum atomic E-state index is 6.15. The highest BCUT2D eigenvalue weighted by Gasteiger charge is 2.31. The van der Waals surface area contributed by atoms with E-state index in [-0.39, 0.29) is 5.54 Å². The monoisotopic (exact) mass is 307 g/mol. The van der Waals surface area contributed by atoms with Crippen LogP contribution in [0.15, 0.2) is 18.2 Å². The van der Waals surface area contributed by atoms with Crippen LogP contribution < -0.4 is 5.32 Å². The summed E-state index contributed by atoms with van der Waals surface area (Å²) in [6, 6.07) is 5.55. The van der Waals surface area contributed by atoms with Crippen molar-refractivity contribution in [3.05, 3.63) is 33.8 Å². The fraction of sp³-hybridized carbons (Fsp3) is 0.538. The second kappa shape index (κ2) is 6.44. The second-order valence-corrected chi connectivity index (χ2v) is 5.66. The van der Waals surface area contributed by atoms with Gasteiger partial charge in [0.05, 0.1) is 0 Å². The van der Waals surface area contributed by atoms with Crippen molar-refractivity contribution in [3.8, 4) is 0 Å². The molecule has 0 radical (unpaired) electrons. The molecule has 1 saturated heterocycles. The van der Waals surface area contributed by atoms with Gasteiger partial charge >= 0.3 is 0 Å². The number of hydrogen-bond acceptors (Lipinski definition) is 2. The largest absolute Gasteiger partial charge is 0.381 e. The Morgan fingerprint density at radius 2 is 1.78 bits per heavy atom. The molecule has 0 atom stereocenters. The summed E-state index contributed by atoms with van der Waals surface area (Å²) in [4.78, 5) is 0. The molecule has 18 heavy (non-hydrogen) atoms. The van der Waals surface area contributed by atoms with Crippen LogP contribution in [-0.4, -0.2) is 24.6 Å². The summed E-state index contributed by atoms with van der Waals surface area (Å²) in [5.41, 5.74) is 0.860. The fourth-order valence-electron chi connectivity index (χ4n) is 2.10. The summed E-state index contributed by atoms with van der Waals surface area (Å²) < 4.78 is 5.38. The molecule has 2 rings (SSSR count). The highest BCUT2D eigenvalue weighted by molar-refractivity contribution is 6.35. The summed E-state index contributed by atoms with van der Waals surface area (Å²) in [6.07, 6.45) is 1.83. The van der Waals surface area contributed by atoms with Crippen molar-refractivity contribution >= 4 is 34.8 Å². The Kier molecular flexibility index (Phi) is 5.16. The van der Waals surface area contributed by atoms with Gasteiger partial charge in [-0.25, -0.2) is 0 Å². The normalized spacial score (nSPS) is 18.8. The molecule has 1 aliphatic rings. The first-order valence-electron chi connectivity index (χ1n) is 5.98. The zero-order chi connectivity index (χ0) is 13.0. The van der Waals surface area contributed by atoms with Gasteiger partial charge in [-0.1, -0.05) is 29.3 Å². The molecule has 1 heterocycles. The molecule has 0 aliphatic carbocycles. The zero-order valence-corrected chi connectivity index (χ0v) is 12.3. The lowest BCUT2D eigenvalue weighted by Crippen LogP contribution is -2.50. The number of hydrogen-bond donors (Lipinski definition) is 1. The van der Waals surface area contributed by atoms with Gasteiger partial charge in [0.15, 0.2) is 0 Å². The molecule has 1 fully saturated rings. The second-order valence-electron chi connectivity index (χ2n) is 4.58. The van der Waals surface area contributed by atoms with Crippen LogP contribution >= 0.6 is 34.8 Å². The van der Waals surface area contributed by atoms with E-state index < -0.39 is 0 Å². The average molecular weight is 309 g/mol. The van der Waals surface area contributed by atoms with E-state index in [9.17, 15) is 0 Å². The van der Waals surface area contributed by atoms with Crippen molar-refractivity contribution in [2.24, 2.45) is 0 Å². The molecule has 0 unspecified atom stereocenters. The van der Waals surface area contributed by atoms with E-state index in [1.54, 1.807) is 0 Å². The summed E-state index contributed by atoms with van der Waals surface area (Å²) in [7, 11) is 0. The Balaban J connectivity index is 2.05. The standard InChI is InChI=1S/C13H16Cl3NO/c14-9-13(4-6-18-7-5-13)17-8-10-11(15)2-1-3-12(10)16/h1-3,17H,4-9H2. The van der Waals surface area contributed by atoms with Crippen molar-refractivity contribution in [2.75, 3.05) is 19.1 Å². The molecular formula is C13H16Cl3NO. The molecule has 0 aromatic heterocycles. The van der Waals surface area contributed by atoms with Crippen LogP contribution in [0.5, 0.6) is 0 Å². The molecule has 1 aliphatic heterocycles. The van der Waals surface area contributed by atoms with E-state index in [1.165, 1.54) is 0 Å². The molecule has 0 bridgehead atoms. The Morgan fingerprint density at radius 3 is 2.33 bits per heavy atom. The Morgan fingerprint density at radius 1 is 1.17 bits per heavy atom. The molecular weight excluding hydrogens is 293 g/mol. The van der Waals surface area contributed by atoms with Gasteiger partial charge in [0, 0.05) is 46.8 Å². The maximum Gasteiger partial charge on any atom is 0.0484 e. The minimum atomic E-state index is -0.0672. The number of nitrogens with one attached hydrogen (secondary N) is 1. The molecule has 0 saturated carbocycles. The van der Waals surface area contributed by atoms with Crippen molar-refractivity contribution in [1.82, 2.24) is 5.32 Å². The minimum Gasteiger partial charge on any atom is -0.381 e. The van der Waals surface area contributed by atoms with Gasteiger partial charge in [0.1, 0.15) is 0 Å². The third-order valence-corrected chi connectivity index (χ3v) is 4.63. The third kappa shape index (κ3) is 3.31. The van der Waals surface area contributed by atoms with Crippen LogP contribution in [-0.2, 0) is 11.3 Å². The van der Waals surface area contributed by atoms with Crippen LogP contribution in [0.3, 0.4) is 0 Å². The number of benzene rings is 1. The summed E-state index contributed by atoms with van der Waals surface area (Å²) in [5.74, 6) is 0.568. The van der Waals surface area contributed by atoms with E-state index in [4.69, 9.17) is 39.5 Å². The van der Waals surface area contributed by atoms with E-state index in [0.717, 1.165) is 31.6 Å². The summed E-state index contributed by atoms with van der Waals surface area (Å²) in [6.45, 7) is 2.12. The Bertz CT molecular complexity index is 385. The molecule has 1 aromatic carbocycles. The van der Waals surface area contributed by atoms with Crippen molar-refractivity contribution in [2.45, 2.75) is 24.9 Å². The fourth-order valence-corrected chi connectivity index (χ4v) is 2.99. The van der Waals surface area contributed by atoms with E-state index in [0.29, 0.717) is 22.5 Å². The predicted octanol–water partition coefficient (Wildman–Crippen LogP) is 3.87. The highest BCUT2D eigenvalue weighted by atomic mass is 35.5. The Hall–Kier alpha value is 0.01000. The Labute approximate surface area is 123 Å². The first-order chi connectivity index (χ1) is 8.67. The SMILES string of the molecule is ClCC1(NCc2c(Cl)cccc2Cl)CCOCC1. The lowest BCUT2D eigenvalue weighted by molar-refractivity contribution is 0.0459. The van der Waals surface area contributed by atoms with Crippen LogP contribution in [0, 0.1) is 0 Å². The molecule has 0 amide bonds. The van der Waals surface area contributed by atoms with Crippen molar-refractivity contribution in [1.29, 1.82) is 0 Å². The molecule has 5 heteroatoms. The predicted molar refractivity (Wildman–Crippen MR) is 76.8 cm³/mol. The number of halogens is 3. The summed E-state index contributed by atoms with van der Waals surface area (Å²) >= 11 is 18.4. The van der Waals surface area contributed by atoms with Gasteiger partial charge in [-0.15, -0.1) is 11.6 Å². The van der Waals surface area contributed by atoms with Gasteiger partial charge in [-0.2, -0.15) is 0 Å². The van der Waals surface area contributed by atoms with Crippen molar-refractivity contribution in [3.63, 3.8) is 0 Å². The first kappa shape index (κ1) is 14.4. The number of alkyl halides is 1. The first-order valence-corrected chi connectivity index (χ1v) is 7.27. The minimum absolute atomic E-state index is 0.0672. The van der Waals surface area contributed by atoms with Gasteiger partial charge < -0.3 is 10.1 Å². The van der Waals surface area contributed by atoms with Gasteiger partial charge in [-0.3, -0.25) is 0 Å². The van der Waals surface area contributed by atoms with Gasteiger partial charge in [0.2, 0.25) is 0 Å². The van der Waals surface area contributed by atoms with E-state index in [1.807, 2.05) is 18.2 Å². The lowest BCUT2D eigenvalue weighted by atomic mass is 9.92. The number of ether oxygens (including phenoxy) is 1. The van der Waals surface area contributed by atoms with Crippen molar-refractivity contribution < 1.29 is 4.74 Å². The smallest absolute Gasteiger partial charge is 0.0484 e. The van der Waals surface area contributed by atoms with Crippen LogP contribution in [0.4, 0.5) is 0 Å². The van der Waals surface area contributed by atoms with E-state index >= 15 is 0 Å². The van der Waals surface area contributed by atoms with Crippen LogP contribution in [0.25, 0.3) is 0 Å². The molecule has 100 valence electrons. The molecule has 0 spiro atoms. The highest BCUT2D eigenvalue weighted by Crippen LogP contribution is 2.27. The molecule has 2 nitrogen and oxygen atoms in total. The maximum absolute atomic E-state index is 6.15. The molecule has 1 N–H and O–H groups in total. The quantitative estimate of drug-likeness (QED) is 0.853. The zero-order valence-electron chi connectivity index (χ0n) is 10.0. The van der Waals surface area contributed by atoms with Crippen LogP contribution in [0.1, 0.15) is 18.4 Å². The molecule has 1 aromatic rings. The van der Waals surface area contributed by atoms with Gasteiger partial charge in [-0.05, 0) is 25.0 Å².